The summed E-state index contributed by atoms with van der Waals surface area (Å²) in [4.78, 5) is 24.3. The highest BCUT2D eigenvalue weighted by Gasteiger charge is 2.44. The van der Waals surface area contributed by atoms with Crippen LogP contribution >= 0.6 is 0 Å². The lowest BCUT2D eigenvalue weighted by molar-refractivity contribution is -0.125. The van der Waals surface area contributed by atoms with Gasteiger partial charge in [0.25, 0.3) is 0 Å². The van der Waals surface area contributed by atoms with E-state index in [4.69, 9.17) is 10.5 Å². The van der Waals surface area contributed by atoms with E-state index in [-0.39, 0.29) is 17.6 Å². The number of carbonyl (C=O) groups is 1. The third-order valence-electron chi connectivity index (χ3n) is 5.61. The van der Waals surface area contributed by atoms with Gasteiger partial charge in [0.2, 0.25) is 5.91 Å². The van der Waals surface area contributed by atoms with Crippen molar-refractivity contribution < 1.29 is 19.7 Å². The number of nitrogens with zero attached hydrogens (tertiary/aromatic N) is 4. The summed E-state index contributed by atoms with van der Waals surface area (Å²) >= 11 is 0. The topological polar surface area (TPSA) is 172 Å². The minimum atomic E-state index is -1.15. The monoisotopic (exact) mass is 420 g/mol. The van der Waals surface area contributed by atoms with E-state index in [1.54, 1.807) is 4.57 Å². The van der Waals surface area contributed by atoms with Crippen LogP contribution in [0.4, 0.5) is 5.82 Å². The van der Waals surface area contributed by atoms with Crippen LogP contribution in [0.2, 0.25) is 0 Å². The smallest absolute Gasteiger partial charge is 0.224 e. The van der Waals surface area contributed by atoms with Crippen molar-refractivity contribution in [2.24, 2.45) is 5.92 Å². The van der Waals surface area contributed by atoms with Crippen LogP contribution in [0.25, 0.3) is 11.2 Å². The van der Waals surface area contributed by atoms with Crippen LogP contribution in [-0.4, -0.2) is 86.7 Å². The highest BCUT2D eigenvalue weighted by molar-refractivity contribution is 5.81. The molecule has 0 bridgehead atoms. The van der Waals surface area contributed by atoms with E-state index in [9.17, 15) is 15.0 Å². The Labute approximate surface area is 173 Å². The lowest BCUT2D eigenvalue weighted by Crippen LogP contribution is -2.43. The van der Waals surface area contributed by atoms with Crippen molar-refractivity contribution in [1.29, 1.82) is 0 Å². The normalized spacial score (nSPS) is 29.3. The average molecular weight is 420 g/mol. The first-order valence-corrected chi connectivity index (χ1v) is 10.2. The third-order valence-corrected chi connectivity index (χ3v) is 5.61. The first kappa shape index (κ1) is 20.9. The van der Waals surface area contributed by atoms with Gasteiger partial charge in [-0.05, 0) is 19.4 Å². The maximum atomic E-state index is 12.1. The summed E-state index contributed by atoms with van der Waals surface area (Å²) in [6.07, 6.45) is 0.997. The van der Waals surface area contributed by atoms with Gasteiger partial charge in [0.1, 0.15) is 30.2 Å². The van der Waals surface area contributed by atoms with Crippen LogP contribution in [-0.2, 0) is 9.53 Å². The summed E-state index contributed by atoms with van der Waals surface area (Å²) in [5, 5.41) is 30.1. The van der Waals surface area contributed by atoms with Crippen LogP contribution in [0, 0.1) is 5.92 Å². The fourth-order valence-electron chi connectivity index (χ4n) is 3.92. The lowest BCUT2D eigenvalue weighted by Gasteiger charge is -2.22. The molecule has 2 aliphatic rings. The van der Waals surface area contributed by atoms with Gasteiger partial charge in [0, 0.05) is 26.2 Å². The van der Waals surface area contributed by atoms with E-state index in [1.165, 1.54) is 12.7 Å². The zero-order chi connectivity index (χ0) is 21.1. The molecule has 7 N–H and O–H groups in total. The molecule has 164 valence electrons. The molecule has 1 amide bonds. The highest BCUT2D eigenvalue weighted by atomic mass is 16.6. The molecule has 0 aliphatic carbocycles. The Bertz CT molecular complexity index is 871. The van der Waals surface area contributed by atoms with Crippen LogP contribution < -0.4 is 21.7 Å². The average Bonchev–Trinajstić information content (AvgIpc) is 3.31. The van der Waals surface area contributed by atoms with Gasteiger partial charge in [-0.2, -0.15) is 0 Å². The SMILES string of the molecule is Nc1ncnc2c1ncn2[C@@H]1O[C@H](CNCCNC(=O)C2CCCNC2)[C@@H](O)[C@H]1O. The van der Waals surface area contributed by atoms with Gasteiger partial charge in [-0.25, -0.2) is 15.0 Å². The predicted octanol–water partition coefficient (Wildman–Crippen LogP) is -2.27. The Hall–Kier alpha value is -2.38. The number of anilines is 1. The molecule has 0 spiro atoms. The zero-order valence-corrected chi connectivity index (χ0v) is 16.6. The van der Waals surface area contributed by atoms with E-state index < -0.39 is 24.5 Å². The second-order valence-electron chi connectivity index (χ2n) is 7.67. The van der Waals surface area contributed by atoms with E-state index in [1.807, 2.05) is 0 Å². The van der Waals surface area contributed by atoms with E-state index >= 15 is 0 Å². The summed E-state index contributed by atoms with van der Waals surface area (Å²) in [6.45, 7) is 3.01. The minimum Gasteiger partial charge on any atom is -0.387 e. The van der Waals surface area contributed by atoms with Crippen molar-refractivity contribution >= 4 is 22.9 Å². The summed E-state index contributed by atoms with van der Waals surface area (Å²) in [7, 11) is 0. The van der Waals surface area contributed by atoms with E-state index in [2.05, 4.69) is 30.9 Å². The molecule has 2 saturated heterocycles. The van der Waals surface area contributed by atoms with Gasteiger partial charge in [0.05, 0.1) is 12.2 Å². The van der Waals surface area contributed by atoms with E-state index in [0.717, 1.165) is 25.9 Å². The second-order valence-corrected chi connectivity index (χ2v) is 7.67. The van der Waals surface area contributed by atoms with Gasteiger partial charge >= 0.3 is 0 Å². The first-order chi connectivity index (χ1) is 14.6. The molecule has 2 fully saturated rings. The first-order valence-electron chi connectivity index (χ1n) is 10.2. The largest absolute Gasteiger partial charge is 0.387 e. The number of nitrogen functional groups attached to an aromatic ring is 1. The van der Waals surface area contributed by atoms with Gasteiger partial charge in [-0.3, -0.25) is 9.36 Å². The Morgan fingerprint density at radius 1 is 1.30 bits per heavy atom. The number of imidazole rings is 1. The van der Waals surface area contributed by atoms with Gasteiger partial charge < -0.3 is 36.6 Å². The molecule has 12 heteroatoms. The van der Waals surface area contributed by atoms with Gasteiger partial charge in [-0.15, -0.1) is 0 Å². The van der Waals surface area contributed by atoms with Gasteiger partial charge in [-0.1, -0.05) is 0 Å². The number of fused-ring (bicyclic) bond motifs is 1. The standard InChI is InChI=1S/C18H28N8O4/c19-15-12-16(24-8-23-15)26(9-25-12)18-14(28)13(27)11(30-18)7-21-4-5-22-17(29)10-2-1-3-20-6-10/h8-11,13-14,18,20-21,27-28H,1-7H2,(H,22,29)(H2,19,23,24)/t10?,11-,13-,14-,18-/m1/s1. The number of piperidine rings is 1. The minimum absolute atomic E-state index is 0.0255. The molecule has 0 radical (unpaired) electrons. The molecule has 2 aromatic heterocycles. The molecule has 0 saturated carbocycles. The summed E-state index contributed by atoms with van der Waals surface area (Å²) in [5.41, 5.74) is 6.63. The van der Waals surface area contributed by atoms with Crippen molar-refractivity contribution in [3.63, 3.8) is 0 Å². The molecular formula is C18H28N8O4. The molecule has 2 aliphatic heterocycles. The van der Waals surface area contributed by atoms with Crippen LogP contribution in [0.3, 0.4) is 0 Å². The quantitative estimate of drug-likeness (QED) is 0.268. The Kier molecular flexibility index (Phi) is 6.39. The van der Waals surface area contributed by atoms with Crippen molar-refractivity contribution in [3.8, 4) is 0 Å². The maximum absolute atomic E-state index is 12.1. The van der Waals surface area contributed by atoms with Crippen molar-refractivity contribution in [3.05, 3.63) is 12.7 Å². The van der Waals surface area contributed by atoms with Crippen LogP contribution in [0.1, 0.15) is 19.1 Å². The molecule has 5 atom stereocenters. The number of ether oxygens (including phenoxy) is 1. The molecule has 4 rings (SSSR count). The third kappa shape index (κ3) is 4.23. The number of carbonyl (C=O) groups excluding carboxylic acids is 1. The summed E-state index contributed by atoms with van der Waals surface area (Å²) < 4.78 is 7.41. The van der Waals surface area contributed by atoms with Crippen molar-refractivity contribution in [2.75, 3.05) is 38.5 Å². The van der Waals surface area contributed by atoms with Crippen molar-refractivity contribution in [1.82, 2.24) is 35.5 Å². The number of nitrogens with two attached hydrogens (primary N) is 1. The number of nitrogens with one attached hydrogen (secondary N) is 3. The summed E-state index contributed by atoms with van der Waals surface area (Å²) in [6, 6.07) is 0. The fourth-order valence-corrected chi connectivity index (χ4v) is 3.92. The zero-order valence-electron chi connectivity index (χ0n) is 16.6. The number of hydrogen-bond donors (Lipinski definition) is 6. The van der Waals surface area contributed by atoms with Crippen molar-refractivity contribution in [2.45, 2.75) is 37.4 Å². The Morgan fingerprint density at radius 3 is 2.97 bits per heavy atom. The molecule has 2 aromatic rings. The molecule has 12 nitrogen and oxygen atoms in total. The second kappa shape index (κ2) is 9.18. The lowest BCUT2D eigenvalue weighted by atomic mass is 9.99. The fraction of sp³-hybridized carbons (Fsp3) is 0.667. The Morgan fingerprint density at radius 2 is 2.17 bits per heavy atom. The highest BCUT2D eigenvalue weighted by Crippen LogP contribution is 2.31. The number of hydrogen-bond acceptors (Lipinski definition) is 10. The number of rotatable bonds is 7. The van der Waals surface area contributed by atoms with Crippen LogP contribution in [0.15, 0.2) is 12.7 Å². The van der Waals surface area contributed by atoms with E-state index in [0.29, 0.717) is 30.8 Å². The molecule has 4 heterocycles. The molecule has 1 unspecified atom stereocenters. The molecule has 0 aromatic carbocycles. The number of aliphatic hydroxyl groups excluding tert-OH is 2. The number of aromatic nitrogens is 4. The van der Waals surface area contributed by atoms with Crippen LogP contribution in [0.5, 0.6) is 0 Å². The molecular weight excluding hydrogens is 392 g/mol. The number of amides is 1. The number of aliphatic hydroxyl groups is 2. The summed E-state index contributed by atoms with van der Waals surface area (Å²) in [5.74, 6) is 0.318. The molecule has 30 heavy (non-hydrogen) atoms. The van der Waals surface area contributed by atoms with Gasteiger partial charge in [0.15, 0.2) is 17.7 Å². The predicted molar refractivity (Wildman–Crippen MR) is 107 cm³/mol. The Balaban J connectivity index is 1.26. The maximum Gasteiger partial charge on any atom is 0.224 e.